The molecule has 45 heavy (non-hydrogen) atoms. The van der Waals surface area contributed by atoms with E-state index >= 15 is 0 Å². The molecule has 2 saturated carbocycles. The summed E-state index contributed by atoms with van der Waals surface area (Å²) in [5.74, 6) is -2.33. The lowest BCUT2D eigenvalue weighted by Crippen LogP contribution is -2.59. The number of fused-ring (bicyclic) bond motifs is 1. The Kier molecular flexibility index (Phi) is 8.78. The van der Waals surface area contributed by atoms with E-state index in [-0.39, 0.29) is 48.3 Å². The van der Waals surface area contributed by atoms with E-state index in [0.717, 1.165) is 12.8 Å². The average molecular weight is 634 g/mol. The van der Waals surface area contributed by atoms with Crippen LogP contribution in [0.4, 0.5) is 18.0 Å². The Hall–Kier alpha value is -3.86. The number of benzene rings is 1. The molecule has 0 radical (unpaired) electrons. The van der Waals surface area contributed by atoms with Crippen LogP contribution in [0.5, 0.6) is 0 Å². The van der Waals surface area contributed by atoms with Gasteiger partial charge in [-0.15, -0.1) is 0 Å². The maximum atomic E-state index is 14.0. The molecule has 2 aliphatic heterocycles. The summed E-state index contributed by atoms with van der Waals surface area (Å²) in [5, 5.41) is 17.9. The molecule has 1 spiro atoms. The molecule has 4 amide bonds. The van der Waals surface area contributed by atoms with Crippen LogP contribution in [-0.2, 0) is 30.5 Å². The van der Waals surface area contributed by atoms with Crippen molar-refractivity contribution in [1.82, 2.24) is 20.9 Å². The number of carbonyl (C=O) groups is 4. The summed E-state index contributed by atoms with van der Waals surface area (Å²) < 4.78 is 49.2. The highest BCUT2D eigenvalue weighted by atomic mass is 19.4. The topological polar surface area (TPSA) is 150 Å². The molecule has 2 saturated heterocycles. The van der Waals surface area contributed by atoms with Crippen molar-refractivity contribution in [2.45, 2.75) is 89.0 Å². The number of nitrogens with zero attached hydrogens (tertiary/aromatic N) is 2. The van der Waals surface area contributed by atoms with E-state index in [0.29, 0.717) is 12.0 Å². The van der Waals surface area contributed by atoms with Crippen molar-refractivity contribution in [2.24, 2.45) is 23.2 Å². The predicted octanol–water partition coefficient (Wildman–Crippen LogP) is 2.80. The van der Waals surface area contributed by atoms with Gasteiger partial charge < -0.3 is 30.3 Å². The third-order valence-corrected chi connectivity index (χ3v) is 9.73. The number of alkyl halides is 3. The number of alkyl carbamates (subject to hydrolysis) is 1. The van der Waals surface area contributed by atoms with Crippen LogP contribution in [0.2, 0.25) is 0 Å². The van der Waals surface area contributed by atoms with Crippen molar-refractivity contribution in [3.8, 4) is 6.07 Å². The van der Waals surface area contributed by atoms with Crippen molar-refractivity contribution in [3.05, 3.63) is 35.9 Å². The minimum atomic E-state index is -4.68. The molecule has 0 bridgehead atoms. The second kappa shape index (κ2) is 12.2. The molecule has 2 aliphatic carbocycles. The Morgan fingerprint density at radius 3 is 2.47 bits per heavy atom. The lowest BCUT2D eigenvalue weighted by Gasteiger charge is -2.35. The van der Waals surface area contributed by atoms with Gasteiger partial charge in [-0.1, -0.05) is 44.2 Å². The van der Waals surface area contributed by atoms with Gasteiger partial charge in [-0.05, 0) is 55.4 Å². The van der Waals surface area contributed by atoms with Crippen molar-refractivity contribution in [1.29, 1.82) is 5.26 Å². The number of nitriles is 1. The molecule has 3 N–H and O–H groups in total. The fourth-order valence-electron chi connectivity index (χ4n) is 6.92. The number of hydrogen-bond acceptors (Lipinski definition) is 7. The van der Waals surface area contributed by atoms with Crippen LogP contribution in [0.25, 0.3) is 0 Å². The van der Waals surface area contributed by atoms with Gasteiger partial charge in [0.15, 0.2) is 0 Å². The number of carbonyl (C=O) groups excluding carboxylic acids is 4. The second-order valence-electron chi connectivity index (χ2n) is 13.3. The zero-order chi connectivity index (χ0) is 32.7. The number of hydrogen-bond donors (Lipinski definition) is 3. The molecule has 0 unspecified atom stereocenters. The summed E-state index contributed by atoms with van der Waals surface area (Å²) in [6, 6.07) is 7.10. The number of ether oxygens (including phenoxy) is 2. The quantitative estimate of drug-likeness (QED) is 0.339. The van der Waals surface area contributed by atoms with Gasteiger partial charge in [0.05, 0.1) is 12.2 Å². The Bertz CT molecular complexity index is 1360. The first kappa shape index (κ1) is 32.5. The molecule has 11 nitrogen and oxygen atoms in total. The highest BCUT2D eigenvalue weighted by Crippen LogP contribution is 2.65. The normalized spacial score (nSPS) is 27.4. The van der Waals surface area contributed by atoms with E-state index in [9.17, 15) is 37.6 Å². The molecule has 2 heterocycles. The SMILES string of the molecule is C[C@@H](OCC(F)(F)F)[C@H](NC(=O)OCc1ccccc1)C(=O)N1C[C@H]2[C@@H]([C@H]1C(=O)N[C@H](C#N)C[C@@H]1CC3(CC3)NC1=O)C2(C)C. The first-order valence-electron chi connectivity index (χ1n) is 15.1. The lowest BCUT2D eigenvalue weighted by atomic mass is 9.95. The van der Waals surface area contributed by atoms with Crippen LogP contribution >= 0.6 is 0 Å². The third-order valence-electron chi connectivity index (χ3n) is 9.73. The van der Waals surface area contributed by atoms with Crippen molar-refractivity contribution in [3.63, 3.8) is 0 Å². The molecule has 0 aromatic heterocycles. The number of nitrogens with one attached hydrogen (secondary N) is 3. The Labute approximate surface area is 259 Å². The fourth-order valence-corrected chi connectivity index (χ4v) is 6.92. The van der Waals surface area contributed by atoms with E-state index in [4.69, 9.17) is 9.47 Å². The highest BCUT2D eigenvalue weighted by molar-refractivity contribution is 5.93. The standard InChI is InChI=1S/C31H38F3N5O6/c1-17(45-16-31(32,33)34)23(37-28(43)44-15-18-7-5-4-6-8-18)27(42)39-14-21-22(29(21,2)3)24(39)26(41)36-20(13-35)11-19-12-30(9-10-30)38-25(19)40/h4-8,17,19-24H,9-12,14-16H2,1-3H3,(H,36,41)(H,37,43)(H,38,40)/t17-,19-,20+,21+,22+,23+,24+/m1/s1. The fraction of sp³-hybridized carbons (Fsp3) is 0.645. The maximum Gasteiger partial charge on any atom is 0.411 e. The Morgan fingerprint density at radius 1 is 1.18 bits per heavy atom. The first-order chi connectivity index (χ1) is 21.1. The van der Waals surface area contributed by atoms with E-state index < -0.39 is 60.8 Å². The Balaban J connectivity index is 1.30. The maximum absolute atomic E-state index is 14.0. The van der Waals surface area contributed by atoms with Gasteiger partial charge in [-0.25, -0.2) is 4.79 Å². The number of amides is 4. The van der Waals surface area contributed by atoms with Crippen LogP contribution in [0, 0.1) is 34.5 Å². The van der Waals surface area contributed by atoms with Crippen LogP contribution in [0.3, 0.4) is 0 Å². The number of rotatable bonds is 11. The van der Waals surface area contributed by atoms with Crippen molar-refractivity contribution >= 4 is 23.8 Å². The predicted molar refractivity (Wildman–Crippen MR) is 152 cm³/mol. The molecular formula is C31H38F3N5O6. The summed E-state index contributed by atoms with van der Waals surface area (Å²) in [6.07, 6.45) is -4.67. The summed E-state index contributed by atoms with van der Waals surface area (Å²) in [6.45, 7) is 3.47. The highest BCUT2D eigenvalue weighted by Gasteiger charge is 2.69. The molecular weight excluding hydrogens is 595 g/mol. The van der Waals surface area contributed by atoms with E-state index in [1.165, 1.54) is 11.8 Å². The monoisotopic (exact) mass is 633 g/mol. The van der Waals surface area contributed by atoms with Gasteiger partial charge in [-0.2, -0.15) is 18.4 Å². The zero-order valence-corrected chi connectivity index (χ0v) is 25.4. The minimum absolute atomic E-state index is 0.0786. The largest absolute Gasteiger partial charge is 0.445 e. The lowest BCUT2D eigenvalue weighted by molar-refractivity contribution is -0.188. The molecule has 7 atom stereocenters. The summed E-state index contributed by atoms with van der Waals surface area (Å²) in [4.78, 5) is 54.2. The van der Waals surface area contributed by atoms with Crippen LogP contribution in [0.1, 0.15) is 52.0 Å². The van der Waals surface area contributed by atoms with Gasteiger partial charge in [0.1, 0.15) is 31.3 Å². The zero-order valence-electron chi connectivity index (χ0n) is 25.4. The number of halogens is 3. The molecule has 244 valence electrons. The summed E-state index contributed by atoms with van der Waals surface area (Å²) >= 11 is 0. The van der Waals surface area contributed by atoms with Crippen LogP contribution < -0.4 is 16.0 Å². The molecule has 4 aliphatic rings. The van der Waals surface area contributed by atoms with Crippen LogP contribution in [0.15, 0.2) is 30.3 Å². The smallest absolute Gasteiger partial charge is 0.411 e. The van der Waals surface area contributed by atoms with Gasteiger partial charge >= 0.3 is 12.3 Å². The molecule has 5 rings (SSSR count). The molecule has 14 heteroatoms. The number of likely N-dealkylation sites (tertiary alicyclic amines) is 1. The third kappa shape index (κ3) is 7.19. The molecule has 1 aromatic rings. The van der Waals surface area contributed by atoms with Gasteiger partial charge in [0.2, 0.25) is 17.7 Å². The number of piperidine rings is 1. The molecule has 4 fully saturated rings. The second-order valence-corrected chi connectivity index (χ2v) is 13.3. The van der Waals surface area contributed by atoms with Gasteiger partial charge in [0, 0.05) is 18.0 Å². The average Bonchev–Trinajstić information content (AvgIpc) is 3.71. The van der Waals surface area contributed by atoms with Gasteiger partial charge in [0.25, 0.3) is 0 Å². The first-order valence-corrected chi connectivity index (χ1v) is 15.1. The van der Waals surface area contributed by atoms with E-state index in [1.807, 2.05) is 13.8 Å². The van der Waals surface area contributed by atoms with E-state index in [2.05, 4.69) is 22.0 Å². The minimum Gasteiger partial charge on any atom is -0.445 e. The van der Waals surface area contributed by atoms with Crippen LogP contribution in [-0.4, -0.2) is 77.8 Å². The van der Waals surface area contributed by atoms with Crippen molar-refractivity contribution in [2.75, 3.05) is 13.2 Å². The van der Waals surface area contributed by atoms with E-state index in [1.54, 1.807) is 30.3 Å². The summed E-state index contributed by atoms with van der Waals surface area (Å²) in [7, 11) is 0. The Morgan fingerprint density at radius 2 is 1.87 bits per heavy atom. The molecule has 1 aromatic carbocycles. The van der Waals surface area contributed by atoms with Crippen molar-refractivity contribution < 1.29 is 41.8 Å². The summed E-state index contributed by atoms with van der Waals surface area (Å²) in [5.41, 5.74) is 0.159. The van der Waals surface area contributed by atoms with Gasteiger partial charge in [-0.3, -0.25) is 14.4 Å².